The molecule has 0 unspecified atom stereocenters. The summed E-state index contributed by atoms with van der Waals surface area (Å²) in [4.78, 5) is 3.95. The number of rotatable bonds is 1. The highest BCUT2D eigenvalue weighted by Crippen LogP contribution is 2.16. The predicted molar refractivity (Wildman–Crippen MR) is 46.6 cm³/mol. The van der Waals surface area contributed by atoms with Crippen LogP contribution in [0.4, 0.5) is 4.39 Å². The maximum atomic E-state index is 12.4. The molecule has 0 amide bonds. The summed E-state index contributed by atoms with van der Waals surface area (Å²) >= 11 is 0. The zero-order valence-corrected chi connectivity index (χ0v) is 6.50. The van der Waals surface area contributed by atoms with E-state index in [0.29, 0.717) is 5.69 Å². The summed E-state index contributed by atoms with van der Waals surface area (Å²) in [6.45, 7) is -0.499. The first-order valence-corrected chi connectivity index (χ1v) is 3.80. The Morgan fingerprint density at radius 1 is 1.17 bits per heavy atom. The van der Waals surface area contributed by atoms with Gasteiger partial charge in [-0.15, -0.1) is 0 Å². The third kappa shape index (κ3) is 1.05. The smallest absolute Gasteiger partial charge is 0.132 e. The van der Waals surface area contributed by atoms with E-state index in [1.165, 1.54) is 0 Å². The molecular formula is C10H8FN. The van der Waals surface area contributed by atoms with E-state index in [2.05, 4.69) is 4.98 Å². The first-order chi connectivity index (χ1) is 5.92. The lowest BCUT2D eigenvalue weighted by atomic mass is 10.1. The molecule has 0 saturated heterocycles. The molecule has 0 atom stereocenters. The van der Waals surface area contributed by atoms with Gasteiger partial charge in [0, 0.05) is 11.6 Å². The van der Waals surface area contributed by atoms with E-state index in [0.717, 1.165) is 10.8 Å². The summed E-state index contributed by atoms with van der Waals surface area (Å²) in [6, 6.07) is 9.55. The predicted octanol–water partition coefficient (Wildman–Crippen LogP) is 2.70. The standard InChI is InChI=1S/C10H8FN/c11-7-10-9-4-2-1-3-8(9)5-6-12-10/h1-6H,7H2. The zero-order valence-electron chi connectivity index (χ0n) is 6.50. The van der Waals surface area contributed by atoms with Crippen LogP contribution >= 0.6 is 0 Å². The molecule has 0 saturated carbocycles. The van der Waals surface area contributed by atoms with E-state index in [1.807, 2.05) is 30.3 Å². The fourth-order valence-corrected chi connectivity index (χ4v) is 1.29. The molecule has 0 aliphatic rings. The minimum Gasteiger partial charge on any atom is -0.258 e. The van der Waals surface area contributed by atoms with Crippen molar-refractivity contribution in [3.05, 3.63) is 42.2 Å². The van der Waals surface area contributed by atoms with Gasteiger partial charge in [0.1, 0.15) is 6.67 Å². The van der Waals surface area contributed by atoms with Crippen LogP contribution in [0.25, 0.3) is 10.8 Å². The first kappa shape index (κ1) is 7.22. The molecule has 60 valence electrons. The SMILES string of the molecule is FCc1nccc2ccccc12. The molecule has 0 spiro atoms. The Balaban J connectivity index is 2.79. The van der Waals surface area contributed by atoms with Crippen LogP contribution in [-0.2, 0) is 6.67 Å². The Kier molecular flexibility index (Phi) is 1.74. The Hall–Kier alpha value is -1.44. The van der Waals surface area contributed by atoms with Crippen molar-refractivity contribution in [2.75, 3.05) is 0 Å². The van der Waals surface area contributed by atoms with Crippen LogP contribution in [0.1, 0.15) is 5.69 Å². The van der Waals surface area contributed by atoms with E-state index < -0.39 is 6.67 Å². The van der Waals surface area contributed by atoms with Gasteiger partial charge in [0.15, 0.2) is 0 Å². The van der Waals surface area contributed by atoms with Crippen LogP contribution in [0.2, 0.25) is 0 Å². The number of hydrogen-bond acceptors (Lipinski definition) is 1. The number of aromatic nitrogens is 1. The van der Waals surface area contributed by atoms with Gasteiger partial charge in [0.25, 0.3) is 0 Å². The zero-order chi connectivity index (χ0) is 8.39. The van der Waals surface area contributed by atoms with Crippen molar-refractivity contribution in [1.29, 1.82) is 0 Å². The maximum Gasteiger partial charge on any atom is 0.132 e. The molecule has 0 aliphatic carbocycles. The molecule has 2 rings (SSSR count). The molecule has 0 N–H and O–H groups in total. The molecule has 0 bridgehead atoms. The third-order valence-corrected chi connectivity index (χ3v) is 1.88. The van der Waals surface area contributed by atoms with Crippen molar-refractivity contribution in [2.24, 2.45) is 0 Å². The van der Waals surface area contributed by atoms with Crippen molar-refractivity contribution in [1.82, 2.24) is 4.98 Å². The largest absolute Gasteiger partial charge is 0.258 e. The van der Waals surface area contributed by atoms with E-state index in [1.54, 1.807) is 6.20 Å². The van der Waals surface area contributed by atoms with Gasteiger partial charge in [-0.05, 0) is 11.5 Å². The number of halogens is 1. The van der Waals surface area contributed by atoms with Crippen molar-refractivity contribution in [3.8, 4) is 0 Å². The highest BCUT2D eigenvalue weighted by molar-refractivity contribution is 5.84. The second kappa shape index (κ2) is 2.89. The number of alkyl halides is 1. The van der Waals surface area contributed by atoms with E-state index in [-0.39, 0.29) is 0 Å². The van der Waals surface area contributed by atoms with Crippen LogP contribution in [0, 0.1) is 0 Å². The van der Waals surface area contributed by atoms with Crippen LogP contribution < -0.4 is 0 Å². The highest BCUT2D eigenvalue weighted by Gasteiger charge is 1.98. The Morgan fingerprint density at radius 2 is 2.00 bits per heavy atom. The van der Waals surface area contributed by atoms with Crippen LogP contribution in [0.3, 0.4) is 0 Å². The number of pyridine rings is 1. The fourth-order valence-electron chi connectivity index (χ4n) is 1.29. The number of hydrogen-bond donors (Lipinski definition) is 0. The summed E-state index contributed by atoms with van der Waals surface area (Å²) in [7, 11) is 0. The molecule has 1 aromatic heterocycles. The van der Waals surface area contributed by atoms with Crippen molar-refractivity contribution < 1.29 is 4.39 Å². The van der Waals surface area contributed by atoms with Crippen molar-refractivity contribution >= 4 is 10.8 Å². The minimum absolute atomic E-state index is 0.499. The first-order valence-electron chi connectivity index (χ1n) is 3.80. The number of nitrogens with zero attached hydrogens (tertiary/aromatic N) is 1. The highest BCUT2D eigenvalue weighted by atomic mass is 19.1. The summed E-state index contributed by atoms with van der Waals surface area (Å²) in [5, 5.41) is 1.95. The molecule has 12 heavy (non-hydrogen) atoms. The van der Waals surface area contributed by atoms with Crippen molar-refractivity contribution in [3.63, 3.8) is 0 Å². The van der Waals surface area contributed by atoms with Gasteiger partial charge in [-0.1, -0.05) is 24.3 Å². The quantitative estimate of drug-likeness (QED) is 0.626. The van der Waals surface area contributed by atoms with Gasteiger partial charge in [0.05, 0.1) is 5.69 Å². The van der Waals surface area contributed by atoms with Crippen LogP contribution in [-0.4, -0.2) is 4.98 Å². The summed E-state index contributed by atoms with van der Waals surface area (Å²) in [6.07, 6.45) is 1.64. The Morgan fingerprint density at radius 3 is 2.83 bits per heavy atom. The van der Waals surface area contributed by atoms with Crippen molar-refractivity contribution in [2.45, 2.75) is 6.67 Å². The van der Waals surface area contributed by atoms with Crippen LogP contribution in [0.15, 0.2) is 36.5 Å². The number of fused-ring (bicyclic) bond motifs is 1. The molecule has 0 aliphatic heterocycles. The van der Waals surface area contributed by atoms with Gasteiger partial charge in [0.2, 0.25) is 0 Å². The van der Waals surface area contributed by atoms with Gasteiger partial charge in [-0.25, -0.2) is 4.39 Å². The summed E-state index contributed by atoms with van der Waals surface area (Å²) in [5.41, 5.74) is 0.521. The average Bonchev–Trinajstić information content (AvgIpc) is 2.17. The average molecular weight is 161 g/mol. The van der Waals surface area contributed by atoms with Gasteiger partial charge >= 0.3 is 0 Å². The van der Waals surface area contributed by atoms with E-state index >= 15 is 0 Å². The van der Waals surface area contributed by atoms with Gasteiger partial charge < -0.3 is 0 Å². The fraction of sp³-hybridized carbons (Fsp3) is 0.100. The lowest BCUT2D eigenvalue weighted by Gasteiger charge is -1.99. The molecule has 2 heteroatoms. The Labute approximate surface area is 69.9 Å². The van der Waals surface area contributed by atoms with E-state index in [9.17, 15) is 4.39 Å². The van der Waals surface area contributed by atoms with Crippen LogP contribution in [0.5, 0.6) is 0 Å². The second-order valence-electron chi connectivity index (χ2n) is 2.61. The Bertz CT molecular complexity index is 392. The molecule has 1 aromatic carbocycles. The topological polar surface area (TPSA) is 12.9 Å². The molecular weight excluding hydrogens is 153 g/mol. The molecule has 1 nitrogen and oxygen atoms in total. The third-order valence-electron chi connectivity index (χ3n) is 1.88. The minimum atomic E-state index is -0.499. The molecule has 2 aromatic rings. The summed E-state index contributed by atoms with van der Waals surface area (Å²) in [5.74, 6) is 0. The van der Waals surface area contributed by atoms with E-state index in [4.69, 9.17) is 0 Å². The second-order valence-corrected chi connectivity index (χ2v) is 2.61. The maximum absolute atomic E-state index is 12.4. The lowest BCUT2D eigenvalue weighted by molar-refractivity contribution is 0.479. The normalized spacial score (nSPS) is 10.4. The number of benzene rings is 1. The molecule has 0 radical (unpaired) electrons. The van der Waals surface area contributed by atoms with Gasteiger partial charge in [-0.3, -0.25) is 4.98 Å². The van der Waals surface area contributed by atoms with Gasteiger partial charge in [-0.2, -0.15) is 0 Å². The molecule has 0 fully saturated rings. The monoisotopic (exact) mass is 161 g/mol. The summed E-state index contributed by atoms with van der Waals surface area (Å²) < 4.78 is 12.4. The molecule has 1 heterocycles. The lowest BCUT2D eigenvalue weighted by Crippen LogP contribution is -1.86.